The second kappa shape index (κ2) is 10.1. The first-order valence-electron chi connectivity index (χ1n) is 11.5. The van der Waals surface area contributed by atoms with Gasteiger partial charge in [0.1, 0.15) is 0 Å². The third-order valence-corrected chi connectivity index (χ3v) is 6.39. The number of rotatable bonds is 5. The lowest BCUT2D eigenvalue weighted by Gasteiger charge is -2.29. The number of piperazine rings is 1. The fraction of sp³-hybridized carbons (Fsp3) is 0.440. The third-order valence-electron chi connectivity index (χ3n) is 6.39. The lowest BCUT2D eigenvalue weighted by atomic mass is 9.93. The molecule has 0 spiro atoms. The van der Waals surface area contributed by atoms with E-state index in [1.807, 2.05) is 12.1 Å². The first-order chi connectivity index (χ1) is 16.1. The summed E-state index contributed by atoms with van der Waals surface area (Å²) in [6.45, 7) is 6.03. The summed E-state index contributed by atoms with van der Waals surface area (Å²) >= 11 is 0. The molecule has 2 aliphatic heterocycles. The Balaban J connectivity index is 1.82. The molecule has 0 aliphatic carbocycles. The van der Waals surface area contributed by atoms with Crippen LogP contribution in [0.5, 0.6) is 11.5 Å². The molecule has 1 unspecified atom stereocenters. The minimum absolute atomic E-state index is 0.0700. The molecule has 176 valence electrons. The lowest BCUT2D eigenvalue weighted by molar-refractivity contribution is 0.177. The minimum Gasteiger partial charge on any atom is -0.493 e. The van der Waals surface area contributed by atoms with Crippen LogP contribution >= 0.6 is 0 Å². The number of amides is 2. The Kier molecular flexibility index (Phi) is 7.03. The number of hydrazone groups is 1. The molecule has 0 aromatic heterocycles. The highest BCUT2D eigenvalue weighted by atomic mass is 16.5. The van der Waals surface area contributed by atoms with Crippen LogP contribution in [0.25, 0.3) is 0 Å². The van der Waals surface area contributed by atoms with Crippen LogP contribution in [0.4, 0.5) is 10.5 Å². The van der Waals surface area contributed by atoms with Crippen molar-refractivity contribution in [2.45, 2.75) is 25.8 Å². The van der Waals surface area contributed by atoms with E-state index < -0.39 is 0 Å². The van der Waals surface area contributed by atoms with E-state index in [0.29, 0.717) is 17.9 Å². The number of ether oxygens (including phenoxy) is 2. The van der Waals surface area contributed by atoms with Gasteiger partial charge in [-0.05, 0) is 42.7 Å². The first kappa shape index (κ1) is 22.9. The van der Waals surface area contributed by atoms with Crippen molar-refractivity contribution in [3.05, 3.63) is 53.1 Å². The number of urea groups is 1. The predicted molar refractivity (Wildman–Crippen MR) is 131 cm³/mol. The molecule has 0 bridgehead atoms. The highest BCUT2D eigenvalue weighted by Crippen LogP contribution is 2.35. The van der Waals surface area contributed by atoms with E-state index >= 15 is 0 Å². The smallest absolute Gasteiger partial charge is 0.337 e. The van der Waals surface area contributed by atoms with Crippen LogP contribution in [-0.4, -0.2) is 70.2 Å². The average molecular weight is 452 g/mol. The van der Waals surface area contributed by atoms with E-state index in [2.05, 4.69) is 46.7 Å². The Hall–Kier alpha value is -3.26. The minimum atomic E-state index is -0.219. The van der Waals surface area contributed by atoms with Crippen molar-refractivity contribution in [3.63, 3.8) is 0 Å². The second-order valence-corrected chi connectivity index (χ2v) is 8.26. The number of carbonyl (C=O) groups is 1. The maximum atomic E-state index is 12.8. The van der Waals surface area contributed by atoms with Crippen molar-refractivity contribution in [1.82, 2.24) is 15.6 Å². The summed E-state index contributed by atoms with van der Waals surface area (Å²) in [5.74, 6) is 1.32. The predicted octanol–water partition coefficient (Wildman–Crippen LogP) is 2.84. The Bertz CT molecular complexity index is 1020. The molecule has 33 heavy (non-hydrogen) atoms. The Labute approximate surface area is 195 Å². The zero-order chi connectivity index (χ0) is 23.4. The molecule has 1 atom stereocenters. The van der Waals surface area contributed by atoms with Crippen molar-refractivity contribution < 1.29 is 14.3 Å². The number of carbonyl (C=O) groups excluding carboxylic acids is 1. The fourth-order valence-corrected chi connectivity index (χ4v) is 4.50. The van der Waals surface area contributed by atoms with E-state index in [9.17, 15) is 4.79 Å². The number of benzene rings is 2. The average Bonchev–Trinajstić information content (AvgIpc) is 3.04. The topological polar surface area (TPSA) is 78.4 Å². The van der Waals surface area contributed by atoms with Crippen LogP contribution in [0.3, 0.4) is 0 Å². The Morgan fingerprint density at radius 2 is 1.79 bits per heavy atom. The number of hydrogen-bond donors (Lipinski definition) is 2. The number of nitrogens with zero attached hydrogens (tertiary/aromatic N) is 3. The van der Waals surface area contributed by atoms with Gasteiger partial charge in [0.2, 0.25) is 0 Å². The number of methoxy groups -OCH3 is 2. The molecule has 8 nitrogen and oxygen atoms in total. The highest BCUT2D eigenvalue weighted by molar-refractivity contribution is 6.14. The Morgan fingerprint density at radius 1 is 1.12 bits per heavy atom. The van der Waals surface area contributed by atoms with Crippen LogP contribution in [0.15, 0.2) is 41.5 Å². The SMILES string of the molecule is CCC1Cc2cc(OC)c(OC)cc2C(c2ccc(N3CCNCC3)cc2)=NN1C(=O)NC. The van der Waals surface area contributed by atoms with Gasteiger partial charge in [0.05, 0.1) is 26.0 Å². The van der Waals surface area contributed by atoms with Gasteiger partial charge in [0, 0.05) is 50.0 Å². The van der Waals surface area contributed by atoms with Gasteiger partial charge in [-0.3, -0.25) is 0 Å². The van der Waals surface area contributed by atoms with E-state index in [1.54, 1.807) is 26.3 Å². The number of fused-ring (bicyclic) bond motifs is 1. The van der Waals surface area contributed by atoms with E-state index in [4.69, 9.17) is 14.6 Å². The summed E-state index contributed by atoms with van der Waals surface area (Å²) < 4.78 is 11.2. The first-order valence-corrected chi connectivity index (χ1v) is 11.5. The summed E-state index contributed by atoms with van der Waals surface area (Å²) in [5.41, 5.74) is 4.92. The molecule has 2 N–H and O–H groups in total. The van der Waals surface area contributed by atoms with Crippen molar-refractivity contribution in [3.8, 4) is 11.5 Å². The van der Waals surface area contributed by atoms with Crippen molar-refractivity contribution in [2.75, 3.05) is 52.3 Å². The standard InChI is InChI=1S/C25H33N5O3/c1-5-19-14-18-15-22(32-3)23(33-4)16-21(18)24(28-30(19)25(31)26-2)17-6-8-20(9-7-17)29-12-10-27-11-13-29/h6-9,15-16,19,27H,5,10-14H2,1-4H3,(H,26,31). The summed E-state index contributed by atoms with van der Waals surface area (Å²) in [5, 5.41) is 12.6. The van der Waals surface area contributed by atoms with Gasteiger partial charge in [-0.15, -0.1) is 0 Å². The number of hydrogen-bond acceptors (Lipinski definition) is 6. The zero-order valence-corrected chi connectivity index (χ0v) is 19.9. The maximum Gasteiger partial charge on any atom is 0.337 e. The van der Waals surface area contributed by atoms with Crippen molar-refractivity contribution in [2.24, 2.45) is 5.10 Å². The monoisotopic (exact) mass is 451 g/mol. The molecule has 8 heteroatoms. The van der Waals surface area contributed by atoms with Gasteiger partial charge in [-0.2, -0.15) is 5.10 Å². The molecule has 1 fully saturated rings. The van der Waals surface area contributed by atoms with Gasteiger partial charge in [-0.25, -0.2) is 9.80 Å². The molecule has 2 aromatic carbocycles. The normalized spacial score (nSPS) is 18.2. The molecule has 2 aromatic rings. The molecular weight excluding hydrogens is 418 g/mol. The van der Waals surface area contributed by atoms with Crippen LogP contribution < -0.4 is 25.0 Å². The quantitative estimate of drug-likeness (QED) is 0.731. The van der Waals surface area contributed by atoms with Gasteiger partial charge < -0.3 is 25.0 Å². The van der Waals surface area contributed by atoms with Crippen LogP contribution in [0.2, 0.25) is 0 Å². The number of anilines is 1. The van der Waals surface area contributed by atoms with Crippen LogP contribution in [0, 0.1) is 0 Å². The van der Waals surface area contributed by atoms with Gasteiger partial charge in [0.15, 0.2) is 11.5 Å². The summed E-state index contributed by atoms with van der Waals surface area (Å²) in [6.07, 6.45) is 1.45. The molecule has 2 amide bonds. The van der Waals surface area contributed by atoms with Crippen molar-refractivity contribution in [1.29, 1.82) is 0 Å². The van der Waals surface area contributed by atoms with Crippen LogP contribution in [0.1, 0.15) is 30.0 Å². The third kappa shape index (κ3) is 4.61. The van der Waals surface area contributed by atoms with E-state index in [-0.39, 0.29) is 12.1 Å². The highest BCUT2D eigenvalue weighted by Gasteiger charge is 2.30. The molecule has 2 heterocycles. The molecule has 0 saturated carbocycles. The Morgan fingerprint density at radius 3 is 2.39 bits per heavy atom. The fourth-order valence-electron chi connectivity index (χ4n) is 4.50. The largest absolute Gasteiger partial charge is 0.493 e. The van der Waals surface area contributed by atoms with Gasteiger partial charge in [-0.1, -0.05) is 19.1 Å². The molecule has 1 saturated heterocycles. The second-order valence-electron chi connectivity index (χ2n) is 8.26. The summed E-state index contributed by atoms with van der Waals surface area (Å²) in [6, 6.07) is 12.1. The number of nitrogens with one attached hydrogen (secondary N) is 2. The summed E-state index contributed by atoms with van der Waals surface area (Å²) in [4.78, 5) is 15.1. The van der Waals surface area contributed by atoms with Gasteiger partial charge >= 0.3 is 6.03 Å². The van der Waals surface area contributed by atoms with Crippen LogP contribution in [-0.2, 0) is 6.42 Å². The van der Waals surface area contributed by atoms with Crippen molar-refractivity contribution >= 4 is 17.4 Å². The molecule has 4 rings (SSSR count). The molecule has 2 aliphatic rings. The lowest BCUT2D eigenvalue weighted by Crippen LogP contribution is -2.43. The molecule has 0 radical (unpaired) electrons. The maximum absolute atomic E-state index is 12.8. The zero-order valence-electron chi connectivity index (χ0n) is 19.9. The van der Waals surface area contributed by atoms with Gasteiger partial charge in [0.25, 0.3) is 0 Å². The molecular formula is C25H33N5O3. The van der Waals surface area contributed by atoms with E-state index in [1.165, 1.54) is 5.69 Å². The summed E-state index contributed by atoms with van der Waals surface area (Å²) in [7, 11) is 4.90. The van der Waals surface area contributed by atoms with E-state index in [0.717, 1.165) is 55.0 Å².